The third-order valence-electron chi connectivity index (χ3n) is 3.17. The minimum Gasteiger partial charge on any atom is -0.366 e. The summed E-state index contributed by atoms with van der Waals surface area (Å²) >= 11 is 6.01. The molecule has 0 bridgehead atoms. The summed E-state index contributed by atoms with van der Waals surface area (Å²) in [7, 11) is 0. The van der Waals surface area contributed by atoms with Crippen molar-refractivity contribution in [2.24, 2.45) is 0 Å². The third kappa shape index (κ3) is 2.27. The summed E-state index contributed by atoms with van der Waals surface area (Å²) < 4.78 is 0. The van der Waals surface area contributed by atoms with Gasteiger partial charge in [0.2, 0.25) is 0 Å². The van der Waals surface area contributed by atoms with Crippen LogP contribution in [0.3, 0.4) is 0 Å². The second-order valence-corrected chi connectivity index (χ2v) is 4.59. The Hall–Kier alpha value is -0.730. The van der Waals surface area contributed by atoms with Gasteiger partial charge in [0.1, 0.15) is 0 Å². The van der Waals surface area contributed by atoms with E-state index in [4.69, 9.17) is 11.6 Å². The van der Waals surface area contributed by atoms with Crippen LogP contribution in [-0.4, -0.2) is 25.2 Å². The molecule has 1 aromatic carbocycles. The van der Waals surface area contributed by atoms with Crippen LogP contribution in [0.2, 0.25) is 5.02 Å². The summed E-state index contributed by atoms with van der Waals surface area (Å²) in [5.41, 5.74) is 1.23. The Morgan fingerprint density at radius 2 is 2.20 bits per heavy atom. The maximum Gasteiger partial charge on any atom is 0.0426 e. The molecule has 2 nitrogen and oxygen atoms in total. The number of nitrogens with one attached hydrogen (secondary N) is 1. The molecule has 1 heterocycles. The first-order chi connectivity index (χ1) is 7.18. The summed E-state index contributed by atoms with van der Waals surface area (Å²) in [6, 6.07) is 9.13. The van der Waals surface area contributed by atoms with E-state index in [0.717, 1.165) is 18.1 Å². The molecule has 1 aliphatic heterocycles. The highest BCUT2D eigenvalue weighted by Gasteiger charge is 2.24. The predicted molar refractivity (Wildman–Crippen MR) is 65.7 cm³/mol. The fourth-order valence-corrected chi connectivity index (χ4v) is 2.26. The van der Waals surface area contributed by atoms with E-state index >= 15 is 0 Å². The Morgan fingerprint density at radius 1 is 1.40 bits per heavy atom. The molecule has 2 rings (SSSR count). The summed E-state index contributed by atoms with van der Waals surface area (Å²) in [5, 5.41) is 4.28. The lowest BCUT2D eigenvalue weighted by Crippen LogP contribution is -2.55. The van der Waals surface area contributed by atoms with Crippen LogP contribution in [-0.2, 0) is 0 Å². The largest absolute Gasteiger partial charge is 0.366 e. The zero-order valence-electron chi connectivity index (χ0n) is 9.20. The van der Waals surface area contributed by atoms with Crippen molar-refractivity contribution in [2.75, 3.05) is 18.0 Å². The van der Waals surface area contributed by atoms with Crippen LogP contribution in [0.25, 0.3) is 0 Å². The molecule has 2 atom stereocenters. The van der Waals surface area contributed by atoms with E-state index in [1.165, 1.54) is 5.69 Å². The van der Waals surface area contributed by atoms with Gasteiger partial charge in [0.25, 0.3) is 0 Å². The van der Waals surface area contributed by atoms with E-state index in [1.54, 1.807) is 0 Å². The summed E-state index contributed by atoms with van der Waals surface area (Å²) in [6.45, 7) is 6.56. The van der Waals surface area contributed by atoms with Crippen molar-refractivity contribution < 1.29 is 0 Å². The van der Waals surface area contributed by atoms with Gasteiger partial charge in [-0.3, -0.25) is 0 Å². The summed E-state index contributed by atoms with van der Waals surface area (Å²) in [4.78, 5) is 2.41. The molecule has 0 aliphatic carbocycles. The zero-order valence-corrected chi connectivity index (χ0v) is 9.96. The van der Waals surface area contributed by atoms with Gasteiger partial charge in [-0.15, -0.1) is 0 Å². The molecule has 0 saturated carbocycles. The maximum absolute atomic E-state index is 6.01. The Balaban J connectivity index is 2.22. The molecule has 1 fully saturated rings. The molecule has 3 heteroatoms. The molecule has 1 N–H and O–H groups in total. The van der Waals surface area contributed by atoms with Crippen LogP contribution < -0.4 is 10.2 Å². The van der Waals surface area contributed by atoms with Gasteiger partial charge >= 0.3 is 0 Å². The first-order valence-corrected chi connectivity index (χ1v) is 5.82. The van der Waals surface area contributed by atoms with E-state index in [0.29, 0.717) is 12.1 Å². The topological polar surface area (TPSA) is 15.3 Å². The van der Waals surface area contributed by atoms with Crippen molar-refractivity contribution in [3.63, 3.8) is 0 Å². The van der Waals surface area contributed by atoms with Crippen LogP contribution in [0.5, 0.6) is 0 Å². The van der Waals surface area contributed by atoms with E-state index in [1.807, 2.05) is 18.2 Å². The molecule has 15 heavy (non-hydrogen) atoms. The minimum atomic E-state index is 0.511. The first kappa shape index (κ1) is 10.8. The lowest BCUT2D eigenvalue weighted by molar-refractivity contribution is 0.404. The van der Waals surface area contributed by atoms with Crippen molar-refractivity contribution in [1.82, 2.24) is 5.32 Å². The van der Waals surface area contributed by atoms with Crippen LogP contribution in [0.4, 0.5) is 5.69 Å². The fourth-order valence-electron chi connectivity index (χ4n) is 2.08. The highest BCUT2D eigenvalue weighted by molar-refractivity contribution is 6.30. The number of rotatable bonds is 1. The monoisotopic (exact) mass is 224 g/mol. The standard InChI is InChI=1S/C12H17ClN2/c1-9-10(2)15(7-6-14-9)12-5-3-4-11(13)8-12/h3-5,8-10,14H,6-7H2,1-2H3/t9-,10?/m0/s1. The minimum absolute atomic E-state index is 0.511. The molecule has 0 amide bonds. The van der Waals surface area contributed by atoms with Crippen molar-refractivity contribution in [2.45, 2.75) is 25.9 Å². The van der Waals surface area contributed by atoms with Gasteiger partial charge in [0.15, 0.2) is 0 Å². The van der Waals surface area contributed by atoms with Gasteiger partial charge < -0.3 is 10.2 Å². The van der Waals surface area contributed by atoms with Gasteiger partial charge in [0, 0.05) is 35.9 Å². The summed E-state index contributed by atoms with van der Waals surface area (Å²) in [5.74, 6) is 0. The van der Waals surface area contributed by atoms with Crippen molar-refractivity contribution in [1.29, 1.82) is 0 Å². The van der Waals surface area contributed by atoms with Gasteiger partial charge in [-0.05, 0) is 32.0 Å². The molecule has 1 aliphatic rings. The molecule has 0 aromatic heterocycles. The Bertz CT molecular complexity index is 340. The van der Waals surface area contributed by atoms with Gasteiger partial charge in [0.05, 0.1) is 0 Å². The number of hydrogen-bond donors (Lipinski definition) is 1. The fraction of sp³-hybridized carbons (Fsp3) is 0.500. The average molecular weight is 225 g/mol. The second kappa shape index (κ2) is 4.42. The van der Waals surface area contributed by atoms with Crippen LogP contribution in [0, 0.1) is 0 Å². The Labute approximate surface area is 96.2 Å². The SMILES string of the molecule is CC1[C@H](C)NCCN1c1cccc(Cl)c1. The lowest BCUT2D eigenvalue weighted by Gasteiger charge is -2.40. The van der Waals surface area contributed by atoms with Crippen LogP contribution >= 0.6 is 11.6 Å². The van der Waals surface area contributed by atoms with Crippen molar-refractivity contribution >= 4 is 17.3 Å². The summed E-state index contributed by atoms with van der Waals surface area (Å²) in [6.07, 6.45) is 0. The Morgan fingerprint density at radius 3 is 2.93 bits per heavy atom. The molecule has 0 radical (unpaired) electrons. The molecular formula is C12H17ClN2. The molecule has 1 unspecified atom stereocenters. The van der Waals surface area contributed by atoms with Crippen LogP contribution in [0.15, 0.2) is 24.3 Å². The van der Waals surface area contributed by atoms with E-state index in [-0.39, 0.29) is 0 Å². The van der Waals surface area contributed by atoms with Gasteiger partial charge in [-0.25, -0.2) is 0 Å². The Kier molecular flexibility index (Phi) is 3.17. The number of halogens is 1. The highest BCUT2D eigenvalue weighted by atomic mass is 35.5. The number of nitrogens with zero attached hydrogens (tertiary/aromatic N) is 1. The maximum atomic E-state index is 6.01. The van der Waals surface area contributed by atoms with E-state index in [2.05, 4.69) is 30.1 Å². The molecule has 82 valence electrons. The number of piperazine rings is 1. The predicted octanol–water partition coefficient (Wildman–Crippen LogP) is 2.53. The quantitative estimate of drug-likeness (QED) is 0.789. The van der Waals surface area contributed by atoms with Gasteiger partial charge in [-0.2, -0.15) is 0 Å². The van der Waals surface area contributed by atoms with Crippen molar-refractivity contribution in [3.8, 4) is 0 Å². The molecule has 1 saturated heterocycles. The second-order valence-electron chi connectivity index (χ2n) is 4.16. The van der Waals surface area contributed by atoms with Crippen LogP contribution in [0.1, 0.15) is 13.8 Å². The van der Waals surface area contributed by atoms with Gasteiger partial charge in [-0.1, -0.05) is 17.7 Å². The lowest BCUT2D eigenvalue weighted by atomic mass is 10.1. The average Bonchev–Trinajstić information content (AvgIpc) is 2.22. The zero-order chi connectivity index (χ0) is 10.8. The smallest absolute Gasteiger partial charge is 0.0426 e. The third-order valence-corrected chi connectivity index (χ3v) is 3.41. The molecule has 1 aromatic rings. The highest BCUT2D eigenvalue weighted by Crippen LogP contribution is 2.23. The van der Waals surface area contributed by atoms with Crippen molar-refractivity contribution in [3.05, 3.63) is 29.3 Å². The number of benzene rings is 1. The molecule has 0 spiro atoms. The van der Waals surface area contributed by atoms with E-state index < -0.39 is 0 Å². The van der Waals surface area contributed by atoms with E-state index in [9.17, 15) is 0 Å². The first-order valence-electron chi connectivity index (χ1n) is 5.44. The number of hydrogen-bond acceptors (Lipinski definition) is 2. The normalized spacial score (nSPS) is 26.7. The number of anilines is 1. The molecular weight excluding hydrogens is 208 g/mol.